The standard InChI is InChI=1S/C12H20N2O3S/c1-3-13-11-5-7-12(8-6-11)18(15,16)14-9-4-10-17-2/h5-8,13-14H,3-4,9-10H2,1-2H3. The lowest BCUT2D eigenvalue weighted by atomic mass is 10.3. The van der Waals surface area contributed by atoms with E-state index >= 15 is 0 Å². The van der Waals surface area contributed by atoms with Gasteiger partial charge in [0.2, 0.25) is 10.0 Å². The van der Waals surface area contributed by atoms with Gasteiger partial charge in [-0.15, -0.1) is 0 Å². The molecule has 18 heavy (non-hydrogen) atoms. The van der Waals surface area contributed by atoms with Gasteiger partial charge >= 0.3 is 0 Å². The van der Waals surface area contributed by atoms with Crippen molar-refractivity contribution >= 4 is 15.7 Å². The predicted octanol–water partition coefficient (Wildman–Crippen LogP) is 1.43. The Kier molecular flexibility index (Phi) is 6.11. The maximum atomic E-state index is 11.9. The summed E-state index contributed by atoms with van der Waals surface area (Å²) in [6, 6.07) is 6.70. The van der Waals surface area contributed by atoms with Gasteiger partial charge in [-0.2, -0.15) is 0 Å². The number of anilines is 1. The summed E-state index contributed by atoms with van der Waals surface area (Å²) in [6.07, 6.45) is 0.658. The van der Waals surface area contributed by atoms with Crippen LogP contribution >= 0.6 is 0 Å². The van der Waals surface area contributed by atoms with Gasteiger partial charge in [0.25, 0.3) is 0 Å². The van der Waals surface area contributed by atoms with Crippen LogP contribution < -0.4 is 10.0 Å². The molecule has 0 aliphatic carbocycles. The normalized spacial score (nSPS) is 11.4. The Balaban J connectivity index is 2.61. The molecular weight excluding hydrogens is 252 g/mol. The Bertz CT molecular complexity index is 443. The number of hydrogen-bond acceptors (Lipinski definition) is 4. The molecule has 102 valence electrons. The maximum Gasteiger partial charge on any atom is 0.240 e. The van der Waals surface area contributed by atoms with Crippen LogP contribution in [0, 0.1) is 0 Å². The number of rotatable bonds is 8. The van der Waals surface area contributed by atoms with E-state index in [1.54, 1.807) is 31.4 Å². The fraction of sp³-hybridized carbons (Fsp3) is 0.500. The van der Waals surface area contributed by atoms with Crippen LogP contribution in [0.15, 0.2) is 29.2 Å². The molecular formula is C12H20N2O3S. The zero-order valence-corrected chi connectivity index (χ0v) is 11.6. The molecule has 0 radical (unpaired) electrons. The molecule has 6 heteroatoms. The van der Waals surface area contributed by atoms with E-state index in [1.165, 1.54) is 0 Å². The Morgan fingerprint density at radius 1 is 1.22 bits per heavy atom. The molecule has 0 aromatic heterocycles. The first kappa shape index (κ1) is 14.9. The van der Waals surface area contributed by atoms with Crippen LogP contribution in [-0.4, -0.2) is 35.2 Å². The number of methoxy groups -OCH3 is 1. The summed E-state index contributed by atoms with van der Waals surface area (Å²) < 4.78 is 31.2. The van der Waals surface area contributed by atoms with Crippen LogP contribution in [-0.2, 0) is 14.8 Å². The van der Waals surface area contributed by atoms with Crippen molar-refractivity contribution in [2.75, 3.05) is 32.1 Å². The quantitative estimate of drug-likeness (QED) is 0.703. The average Bonchev–Trinajstić information content (AvgIpc) is 2.36. The van der Waals surface area contributed by atoms with E-state index in [0.29, 0.717) is 19.6 Å². The third-order valence-corrected chi connectivity index (χ3v) is 3.84. The summed E-state index contributed by atoms with van der Waals surface area (Å²) in [4.78, 5) is 0.279. The first-order chi connectivity index (χ1) is 8.60. The molecule has 0 aliphatic rings. The van der Waals surface area contributed by atoms with Crippen molar-refractivity contribution in [3.63, 3.8) is 0 Å². The second kappa shape index (κ2) is 7.35. The minimum absolute atomic E-state index is 0.279. The lowest BCUT2D eigenvalue weighted by molar-refractivity contribution is 0.196. The van der Waals surface area contributed by atoms with E-state index < -0.39 is 10.0 Å². The summed E-state index contributed by atoms with van der Waals surface area (Å²) >= 11 is 0. The van der Waals surface area contributed by atoms with Crippen molar-refractivity contribution in [1.82, 2.24) is 4.72 Å². The summed E-state index contributed by atoms with van der Waals surface area (Å²) in [5.74, 6) is 0. The van der Waals surface area contributed by atoms with Crippen molar-refractivity contribution in [3.05, 3.63) is 24.3 Å². The van der Waals surface area contributed by atoms with Gasteiger partial charge in [-0.3, -0.25) is 0 Å². The van der Waals surface area contributed by atoms with E-state index in [1.807, 2.05) is 6.92 Å². The summed E-state index contributed by atoms with van der Waals surface area (Å²) in [5.41, 5.74) is 0.913. The minimum atomic E-state index is -3.41. The molecule has 0 atom stereocenters. The van der Waals surface area contributed by atoms with Gasteiger partial charge in [0.15, 0.2) is 0 Å². The average molecular weight is 272 g/mol. The molecule has 0 unspecified atom stereocenters. The highest BCUT2D eigenvalue weighted by Crippen LogP contribution is 2.13. The molecule has 1 aromatic carbocycles. The zero-order valence-electron chi connectivity index (χ0n) is 10.8. The molecule has 0 aliphatic heterocycles. The second-order valence-electron chi connectivity index (χ2n) is 3.80. The van der Waals surface area contributed by atoms with E-state index in [4.69, 9.17) is 4.74 Å². The summed E-state index contributed by atoms with van der Waals surface area (Å²) in [7, 11) is -1.81. The van der Waals surface area contributed by atoms with E-state index in [-0.39, 0.29) is 4.90 Å². The van der Waals surface area contributed by atoms with Gasteiger partial charge in [-0.25, -0.2) is 13.1 Å². The summed E-state index contributed by atoms with van der Waals surface area (Å²) in [5, 5.41) is 3.11. The zero-order chi connectivity index (χ0) is 13.4. The number of benzene rings is 1. The van der Waals surface area contributed by atoms with Gasteiger partial charge in [0, 0.05) is 32.5 Å². The Labute approximate surface area is 109 Å². The fourth-order valence-corrected chi connectivity index (χ4v) is 2.54. The number of ether oxygens (including phenoxy) is 1. The number of hydrogen-bond donors (Lipinski definition) is 2. The third-order valence-electron chi connectivity index (χ3n) is 2.36. The molecule has 0 spiro atoms. The van der Waals surface area contributed by atoms with Crippen molar-refractivity contribution < 1.29 is 13.2 Å². The Morgan fingerprint density at radius 2 is 1.89 bits per heavy atom. The van der Waals surface area contributed by atoms with Gasteiger partial charge < -0.3 is 10.1 Å². The van der Waals surface area contributed by atoms with Crippen LogP contribution in [0.2, 0.25) is 0 Å². The minimum Gasteiger partial charge on any atom is -0.385 e. The molecule has 0 saturated heterocycles. The predicted molar refractivity (Wildman–Crippen MR) is 72.3 cm³/mol. The molecule has 5 nitrogen and oxygen atoms in total. The highest BCUT2D eigenvalue weighted by atomic mass is 32.2. The number of nitrogens with one attached hydrogen (secondary N) is 2. The molecule has 0 saturated carbocycles. The van der Waals surface area contributed by atoms with Crippen molar-refractivity contribution in [3.8, 4) is 0 Å². The molecule has 1 rings (SSSR count). The van der Waals surface area contributed by atoms with E-state index in [0.717, 1.165) is 12.2 Å². The number of sulfonamides is 1. The lowest BCUT2D eigenvalue weighted by Crippen LogP contribution is -2.25. The summed E-state index contributed by atoms with van der Waals surface area (Å²) in [6.45, 7) is 3.72. The molecule has 0 heterocycles. The Morgan fingerprint density at radius 3 is 2.44 bits per heavy atom. The smallest absolute Gasteiger partial charge is 0.240 e. The van der Waals surface area contributed by atoms with Gasteiger partial charge in [-0.05, 0) is 37.6 Å². The monoisotopic (exact) mass is 272 g/mol. The highest BCUT2D eigenvalue weighted by molar-refractivity contribution is 7.89. The lowest BCUT2D eigenvalue weighted by Gasteiger charge is -2.08. The molecule has 2 N–H and O–H groups in total. The fourth-order valence-electron chi connectivity index (χ4n) is 1.46. The first-order valence-corrected chi connectivity index (χ1v) is 7.41. The van der Waals surface area contributed by atoms with Gasteiger partial charge in [-0.1, -0.05) is 0 Å². The first-order valence-electron chi connectivity index (χ1n) is 5.92. The van der Waals surface area contributed by atoms with Crippen LogP contribution in [0.3, 0.4) is 0 Å². The molecule has 1 aromatic rings. The third kappa shape index (κ3) is 4.64. The van der Waals surface area contributed by atoms with Gasteiger partial charge in [0.1, 0.15) is 0 Å². The molecule has 0 fully saturated rings. The Hall–Kier alpha value is -1.11. The largest absolute Gasteiger partial charge is 0.385 e. The molecule has 0 amide bonds. The van der Waals surface area contributed by atoms with Crippen molar-refractivity contribution in [1.29, 1.82) is 0 Å². The van der Waals surface area contributed by atoms with E-state index in [9.17, 15) is 8.42 Å². The SMILES string of the molecule is CCNc1ccc(S(=O)(=O)NCCCOC)cc1. The van der Waals surface area contributed by atoms with Crippen LogP contribution in [0.1, 0.15) is 13.3 Å². The second-order valence-corrected chi connectivity index (χ2v) is 5.57. The van der Waals surface area contributed by atoms with Crippen LogP contribution in [0.4, 0.5) is 5.69 Å². The maximum absolute atomic E-state index is 11.9. The van der Waals surface area contributed by atoms with Crippen molar-refractivity contribution in [2.24, 2.45) is 0 Å². The van der Waals surface area contributed by atoms with Crippen LogP contribution in [0.25, 0.3) is 0 Å². The van der Waals surface area contributed by atoms with Gasteiger partial charge in [0.05, 0.1) is 4.90 Å². The van der Waals surface area contributed by atoms with E-state index in [2.05, 4.69) is 10.0 Å². The molecule has 0 bridgehead atoms. The van der Waals surface area contributed by atoms with Crippen LogP contribution in [0.5, 0.6) is 0 Å². The highest BCUT2D eigenvalue weighted by Gasteiger charge is 2.12. The van der Waals surface area contributed by atoms with Crippen molar-refractivity contribution in [2.45, 2.75) is 18.2 Å². The topological polar surface area (TPSA) is 67.4 Å².